The van der Waals surface area contributed by atoms with Crippen LogP contribution in [0.25, 0.3) is 11.3 Å². The Kier molecular flexibility index (Phi) is 6.38. The number of halogens is 4. The molecule has 2 aliphatic rings. The summed E-state index contributed by atoms with van der Waals surface area (Å²) in [7, 11) is 0. The van der Waals surface area contributed by atoms with Gasteiger partial charge in [-0.05, 0) is 78.6 Å². The minimum atomic E-state index is -4.91. The molecule has 6 nitrogen and oxygen atoms in total. The SMILES string of the molecule is [2H]C(Oc1ccc([C@@H]2C[C@@H]2c2ccc(C(=O)O)cc2)c(Cl)c1)c1c(-c2ccccc2OC(F)(F)F)noc1C1CC1. The molecule has 3 aromatic carbocycles. The molecule has 2 fully saturated rings. The molecule has 40 heavy (non-hydrogen) atoms. The summed E-state index contributed by atoms with van der Waals surface area (Å²) < 4.78 is 63.7. The molecule has 0 spiro atoms. The lowest BCUT2D eigenvalue weighted by Gasteiger charge is -2.13. The molecule has 206 valence electrons. The van der Waals surface area contributed by atoms with Crippen LogP contribution in [0.5, 0.6) is 11.5 Å². The fourth-order valence-electron chi connectivity index (χ4n) is 4.92. The van der Waals surface area contributed by atoms with Crippen LogP contribution in [0.3, 0.4) is 0 Å². The van der Waals surface area contributed by atoms with E-state index in [1.54, 1.807) is 30.3 Å². The summed E-state index contributed by atoms with van der Waals surface area (Å²) >= 11 is 6.62. The Bertz CT molecular complexity index is 1600. The number of carbonyl (C=O) groups is 1. The van der Waals surface area contributed by atoms with Gasteiger partial charge >= 0.3 is 12.3 Å². The summed E-state index contributed by atoms with van der Waals surface area (Å²) in [6.45, 7) is -1.35. The third-order valence-corrected chi connectivity index (χ3v) is 7.46. The number of rotatable bonds is 9. The molecule has 0 radical (unpaired) electrons. The number of aromatic carboxylic acids is 1. The zero-order valence-electron chi connectivity index (χ0n) is 21.8. The first kappa shape index (κ1) is 25.0. The predicted octanol–water partition coefficient (Wildman–Crippen LogP) is 8.32. The molecule has 0 saturated heterocycles. The number of carboxylic acids is 1. The van der Waals surface area contributed by atoms with Gasteiger partial charge in [0.2, 0.25) is 0 Å². The maximum Gasteiger partial charge on any atom is 0.573 e. The number of benzene rings is 3. The van der Waals surface area contributed by atoms with Crippen LogP contribution in [0.1, 0.15) is 71.2 Å². The van der Waals surface area contributed by atoms with E-state index in [1.165, 1.54) is 18.2 Å². The second-order valence-electron chi connectivity index (χ2n) is 9.92. The molecule has 1 aromatic heterocycles. The van der Waals surface area contributed by atoms with Crippen molar-refractivity contribution in [2.45, 2.75) is 50.0 Å². The molecule has 4 aromatic rings. The van der Waals surface area contributed by atoms with Gasteiger partial charge in [0.25, 0.3) is 0 Å². The highest BCUT2D eigenvalue weighted by molar-refractivity contribution is 6.31. The van der Waals surface area contributed by atoms with Crippen LogP contribution in [-0.2, 0) is 6.58 Å². The molecule has 2 aliphatic carbocycles. The Hall–Kier alpha value is -3.98. The van der Waals surface area contributed by atoms with Crippen LogP contribution in [-0.4, -0.2) is 22.6 Å². The van der Waals surface area contributed by atoms with Crippen molar-refractivity contribution in [3.63, 3.8) is 0 Å². The van der Waals surface area contributed by atoms with Gasteiger partial charge in [-0.3, -0.25) is 0 Å². The van der Waals surface area contributed by atoms with Gasteiger partial charge in [0.1, 0.15) is 29.5 Å². The van der Waals surface area contributed by atoms with E-state index in [4.69, 9.17) is 27.3 Å². The van der Waals surface area contributed by atoms with E-state index in [0.29, 0.717) is 16.5 Å². The molecule has 0 bridgehead atoms. The van der Waals surface area contributed by atoms with E-state index in [1.807, 2.05) is 18.2 Å². The predicted molar refractivity (Wildman–Crippen MR) is 140 cm³/mol. The molecular weight excluding hydrogens is 547 g/mol. The van der Waals surface area contributed by atoms with Gasteiger partial charge in [-0.15, -0.1) is 13.2 Å². The first-order valence-corrected chi connectivity index (χ1v) is 13.0. The first-order valence-electron chi connectivity index (χ1n) is 13.2. The summed E-state index contributed by atoms with van der Waals surface area (Å²) in [5.74, 6) is -0.304. The fourth-order valence-corrected chi connectivity index (χ4v) is 5.23. The highest BCUT2D eigenvalue weighted by Crippen LogP contribution is 2.56. The van der Waals surface area contributed by atoms with Gasteiger partial charge in [0.15, 0.2) is 0 Å². The van der Waals surface area contributed by atoms with Crippen LogP contribution >= 0.6 is 11.6 Å². The molecule has 2 saturated carbocycles. The van der Waals surface area contributed by atoms with E-state index in [0.717, 1.165) is 30.4 Å². The number of alkyl halides is 3. The highest BCUT2D eigenvalue weighted by Gasteiger charge is 2.41. The molecule has 0 aliphatic heterocycles. The second-order valence-corrected chi connectivity index (χ2v) is 10.3. The molecule has 10 heteroatoms. The molecule has 0 amide bonds. The number of aromatic nitrogens is 1. The van der Waals surface area contributed by atoms with Crippen molar-refractivity contribution >= 4 is 17.6 Å². The highest BCUT2D eigenvalue weighted by atomic mass is 35.5. The summed E-state index contributed by atoms with van der Waals surface area (Å²) in [4.78, 5) is 11.1. The summed E-state index contributed by atoms with van der Waals surface area (Å²) in [6, 6.07) is 17.5. The number of ether oxygens (including phenoxy) is 2. The van der Waals surface area contributed by atoms with Crippen molar-refractivity contribution in [1.82, 2.24) is 5.16 Å². The van der Waals surface area contributed by atoms with Crippen LogP contribution in [0.4, 0.5) is 13.2 Å². The molecular formula is C30H23ClF3NO5. The fraction of sp³-hybridized carbons (Fsp3) is 0.267. The van der Waals surface area contributed by atoms with Gasteiger partial charge in [0.05, 0.1) is 12.5 Å². The Morgan fingerprint density at radius 1 is 1.10 bits per heavy atom. The summed E-state index contributed by atoms with van der Waals surface area (Å²) in [6.07, 6.45) is -2.41. The maximum absolute atomic E-state index is 13.1. The molecule has 1 unspecified atom stereocenters. The molecule has 1 heterocycles. The molecule has 1 N–H and O–H groups in total. The van der Waals surface area contributed by atoms with Gasteiger partial charge in [-0.25, -0.2) is 4.79 Å². The minimum Gasteiger partial charge on any atom is -0.489 e. The van der Waals surface area contributed by atoms with Crippen LogP contribution < -0.4 is 9.47 Å². The van der Waals surface area contributed by atoms with Gasteiger partial charge in [-0.1, -0.05) is 47.1 Å². The quantitative estimate of drug-likeness (QED) is 0.218. The zero-order chi connectivity index (χ0) is 28.9. The van der Waals surface area contributed by atoms with Crippen molar-refractivity contribution < 1.29 is 38.4 Å². The van der Waals surface area contributed by atoms with Gasteiger partial charge < -0.3 is 19.1 Å². The Labute approximate surface area is 233 Å². The van der Waals surface area contributed by atoms with E-state index >= 15 is 0 Å². The monoisotopic (exact) mass is 570 g/mol. The third kappa shape index (κ3) is 5.51. The lowest BCUT2D eigenvalue weighted by atomic mass is 10.0. The van der Waals surface area contributed by atoms with E-state index in [2.05, 4.69) is 9.89 Å². The average Bonchev–Trinajstić information content (AvgIpc) is 3.86. The maximum atomic E-state index is 13.1. The van der Waals surface area contributed by atoms with Gasteiger partial charge in [0, 0.05) is 16.5 Å². The average molecular weight is 571 g/mol. The first-order chi connectivity index (χ1) is 19.6. The number of carboxylic acid groups (broad SMARTS) is 1. The normalized spacial score (nSPS) is 19.6. The lowest BCUT2D eigenvalue weighted by molar-refractivity contribution is -0.274. The minimum absolute atomic E-state index is 0.0146. The third-order valence-electron chi connectivity index (χ3n) is 7.13. The van der Waals surface area contributed by atoms with Gasteiger partial charge in [-0.2, -0.15) is 0 Å². The lowest BCUT2D eigenvalue weighted by Crippen LogP contribution is -2.17. The van der Waals surface area contributed by atoms with E-state index in [9.17, 15) is 18.0 Å². The molecule has 6 rings (SSSR count). The summed E-state index contributed by atoms with van der Waals surface area (Å²) in [5, 5.41) is 13.6. The topological polar surface area (TPSA) is 81.8 Å². The zero-order valence-corrected chi connectivity index (χ0v) is 21.6. The van der Waals surface area contributed by atoms with Crippen molar-refractivity contribution in [2.24, 2.45) is 0 Å². The van der Waals surface area contributed by atoms with Crippen LogP contribution in [0.2, 0.25) is 5.02 Å². The van der Waals surface area contributed by atoms with Crippen molar-refractivity contribution in [1.29, 1.82) is 0 Å². The second kappa shape index (κ2) is 10.2. The number of hydrogen-bond donors (Lipinski definition) is 1. The van der Waals surface area contributed by atoms with Crippen molar-refractivity contribution in [3.8, 4) is 22.8 Å². The number of hydrogen-bond acceptors (Lipinski definition) is 5. The van der Waals surface area contributed by atoms with Crippen molar-refractivity contribution in [3.05, 3.63) is 99.8 Å². The van der Waals surface area contributed by atoms with Crippen molar-refractivity contribution in [2.75, 3.05) is 0 Å². The summed E-state index contributed by atoms with van der Waals surface area (Å²) in [5.41, 5.74) is 2.52. The largest absolute Gasteiger partial charge is 0.573 e. The Morgan fingerprint density at radius 2 is 1.85 bits per heavy atom. The number of para-hydroxylation sites is 1. The Balaban J connectivity index is 1.23. The standard InChI is InChI=1S/C30H23ClF3NO5/c31-25-13-19(11-12-20(25)23-14-22(23)16-5-9-18(10-6-16)29(36)37)38-15-24-27(35-40-28(24)17-7-8-17)21-3-1-2-4-26(21)39-30(32,33)34/h1-6,9-13,17,22-23H,7-8,14-15H2,(H,36,37)/t22-,23+/m1/s1/i15D/t15?,22-,23+. The van der Waals surface area contributed by atoms with Crippen LogP contribution in [0.15, 0.2) is 71.3 Å². The smallest absolute Gasteiger partial charge is 0.489 e. The van der Waals surface area contributed by atoms with E-state index < -0.39 is 24.7 Å². The Morgan fingerprint density at radius 3 is 2.52 bits per heavy atom. The van der Waals surface area contributed by atoms with E-state index in [-0.39, 0.29) is 40.1 Å². The van der Waals surface area contributed by atoms with Crippen LogP contribution in [0, 0.1) is 0 Å². The number of nitrogens with zero attached hydrogens (tertiary/aromatic N) is 1. The molecule has 3 atom stereocenters.